The largest absolute Gasteiger partial charge is 0.306 e. The Morgan fingerprint density at radius 2 is 1.60 bits per heavy atom. The summed E-state index contributed by atoms with van der Waals surface area (Å²) in [5.74, 6) is 2.59. The van der Waals surface area contributed by atoms with Crippen LogP contribution in [0.2, 0.25) is 0 Å². The fraction of sp³-hybridized carbons (Fsp3) is 1.00. The maximum atomic E-state index is 2.41. The first-order valence-corrected chi connectivity index (χ1v) is 6.65. The Hall–Kier alpha value is -0.0400. The second kappa shape index (κ2) is 8.15. The molecule has 0 heterocycles. The zero-order valence-corrected chi connectivity index (χ0v) is 11.7. The van der Waals surface area contributed by atoms with E-state index < -0.39 is 0 Å². The van der Waals surface area contributed by atoms with Crippen molar-refractivity contribution in [1.82, 2.24) is 4.90 Å². The van der Waals surface area contributed by atoms with E-state index in [-0.39, 0.29) is 0 Å². The van der Waals surface area contributed by atoms with Gasteiger partial charge in [0.25, 0.3) is 0 Å². The van der Waals surface area contributed by atoms with E-state index in [2.05, 4.69) is 46.6 Å². The summed E-state index contributed by atoms with van der Waals surface area (Å²) in [6.45, 7) is 14.1. The summed E-state index contributed by atoms with van der Waals surface area (Å²) in [6.07, 6.45) is 4.19. The van der Waals surface area contributed by atoms with Crippen molar-refractivity contribution in [3.63, 3.8) is 0 Å². The summed E-state index contributed by atoms with van der Waals surface area (Å²) in [5, 5.41) is 0. The van der Waals surface area contributed by atoms with Crippen LogP contribution in [0.15, 0.2) is 0 Å². The lowest BCUT2D eigenvalue weighted by Crippen LogP contribution is -2.24. The van der Waals surface area contributed by atoms with Crippen molar-refractivity contribution in [3.8, 4) is 0 Å². The molecule has 0 N–H and O–H groups in total. The van der Waals surface area contributed by atoms with Crippen molar-refractivity contribution in [3.05, 3.63) is 0 Å². The van der Waals surface area contributed by atoms with Gasteiger partial charge in [-0.15, -0.1) is 0 Å². The molecular weight excluding hydrogens is 182 g/mol. The van der Waals surface area contributed by atoms with Crippen molar-refractivity contribution >= 4 is 0 Å². The van der Waals surface area contributed by atoms with E-state index in [1.165, 1.54) is 32.4 Å². The first kappa shape index (κ1) is 15.0. The summed E-state index contributed by atoms with van der Waals surface area (Å²) in [7, 11) is 2.22. The van der Waals surface area contributed by atoms with Crippen LogP contribution in [0.3, 0.4) is 0 Å². The van der Waals surface area contributed by atoms with Crippen molar-refractivity contribution in [2.24, 2.45) is 17.8 Å². The topological polar surface area (TPSA) is 3.24 Å². The van der Waals surface area contributed by atoms with Crippen LogP contribution >= 0.6 is 0 Å². The molecule has 1 nitrogen and oxygen atoms in total. The molecule has 0 aliphatic heterocycles. The maximum absolute atomic E-state index is 2.41. The molecule has 0 saturated carbocycles. The second-order valence-corrected chi connectivity index (χ2v) is 5.61. The van der Waals surface area contributed by atoms with Crippen LogP contribution in [0.4, 0.5) is 0 Å². The molecule has 0 aromatic heterocycles. The molecule has 0 saturated heterocycles. The Bertz CT molecular complexity index is 142. The molecule has 0 aromatic rings. The van der Waals surface area contributed by atoms with E-state index in [0.717, 1.165) is 17.8 Å². The van der Waals surface area contributed by atoms with Crippen LogP contribution in [-0.2, 0) is 0 Å². The summed E-state index contributed by atoms with van der Waals surface area (Å²) in [6, 6.07) is 0. The van der Waals surface area contributed by atoms with E-state index in [9.17, 15) is 0 Å². The Morgan fingerprint density at radius 3 is 2.07 bits per heavy atom. The number of hydrogen-bond donors (Lipinski definition) is 0. The smallest absolute Gasteiger partial charge is 0.000385 e. The standard InChI is InChI=1S/C14H31N/c1-7-15(6)11-13(4)9-8-10-14(5)12(2)3/h12-14H,7-11H2,1-6H3/t13?,14-/m0/s1. The van der Waals surface area contributed by atoms with Gasteiger partial charge < -0.3 is 4.90 Å². The Morgan fingerprint density at radius 1 is 1.00 bits per heavy atom. The molecule has 0 aliphatic carbocycles. The highest BCUT2D eigenvalue weighted by molar-refractivity contribution is 4.62. The minimum absolute atomic E-state index is 0.846. The van der Waals surface area contributed by atoms with Crippen LogP contribution in [0.25, 0.3) is 0 Å². The van der Waals surface area contributed by atoms with Gasteiger partial charge in [-0.3, -0.25) is 0 Å². The third-order valence-electron chi connectivity index (χ3n) is 3.66. The van der Waals surface area contributed by atoms with Gasteiger partial charge >= 0.3 is 0 Å². The van der Waals surface area contributed by atoms with E-state index in [1.54, 1.807) is 0 Å². The Kier molecular flexibility index (Phi) is 8.13. The molecule has 1 heteroatoms. The van der Waals surface area contributed by atoms with Gasteiger partial charge in [0.2, 0.25) is 0 Å². The van der Waals surface area contributed by atoms with Gasteiger partial charge in [-0.1, -0.05) is 47.5 Å². The molecular formula is C14H31N. The zero-order chi connectivity index (χ0) is 11.8. The predicted molar refractivity (Wildman–Crippen MR) is 70.2 cm³/mol. The molecule has 0 radical (unpaired) electrons. The monoisotopic (exact) mass is 213 g/mol. The van der Waals surface area contributed by atoms with Crippen LogP contribution < -0.4 is 0 Å². The van der Waals surface area contributed by atoms with Gasteiger partial charge in [0.15, 0.2) is 0 Å². The van der Waals surface area contributed by atoms with Crippen LogP contribution in [-0.4, -0.2) is 25.0 Å². The highest BCUT2D eigenvalue weighted by atomic mass is 15.1. The normalized spacial score (nSPS) is 16.0. The molecule has 0 rings (SSSR count). The molecule has 0 fully saturated rings. The van der Waals surface area contributed by atoms with E-state index in [0.29, 0.717) is 0 Å². The molecule has 15 heavy (non-hydrogen) atoms. The molecule has 1 unspecified atom stereocenters. The lowest BCUT2D eigenvalue weighted by atomic mass is 9.91. The average molecular weight is 213 g/mol. The number of nitrogens with zero attached hydrogens (tertiary/aromatic N) is 1. The van der Waals surface area contributed by atoms with Crippen molar-refractivity contribution in [2.45, 2.75) is 53.9 Å². The van der Waals surface area contributed by atoms with Gasteiger partial charge in [0.05, 0.1) is 0 Å². The first-order valence-electron chi connectivity index (χ1n) is 6.65. The minimum atomic E-state index is 0.846. The van der Waals surface area contributed by atoms with Gasteiger partial charge in [0.1, 0.15) is 0 Å². The second-order valence-electron chi connectivity index (χ2n) is 5.61. The third kappa shape index (κ3) is 7.84. The van der Waals surface area contributed by atoms with Gasteiger partial charge in [-0.25, -0.2) is 0 Å². The molecule has 2 atom stereocenters. The van der Waals surface area contributed by atoms with Gasteiger partial charge in [0, 0.05) is 6.54 Å². The fourth-order valence-corrected chi connectivity index (χ4v) is 1.87. The predicted octanol–water partition coefficient (Wildman–Crippen LogP) is 4.04. The van der Waals surface area contributed by atoms with Crippen molar-refractivity contribution < 1.29 is 0 Å². The SMILES string of the molecule is CCN(C)CC(C)CCC[C@H](C)C(C)C. The molecule has 0 aromatic carbocycles. The van der Waals surface area contributed by atoms with Crippen LogP contribution in [0.5, 0.6) is 0 Å². The fourth-order valence-electron chi connectivity index (χ4n) is 1.87. The minimum Gasteiger partial charge on any atom is -0.306 e. The zero-order valence-electron chi connectivity index (χ0n) is 11.7. The Labute approximate surface area is 97.2 Å². The summed E-state index contributed by atoms with van der Waals surface area (Å²) in [5.41, 5.74) is 0. The van der Waals surface area contributed by atoms with E-state index in [1.807, 2.05) is 0 Å². The Balaban J connectivity index is 3.50. The van der Waals surface area contributed by atoms with E-state index in [4.69, 9.17) is 0 Å². The molecule has 0 bridgehead atoms. The highest BCUT2D eigenvalue weighted by Crippen LogP contribution is 2.19. The lowest BCUT2D eigenvalue weighted by molar-refractivity contribution is 0.278. The summed E-state index contributed by atoms with van der Waals surface area (Å²) in [4.78, 5) is 2.41. The molecule has 0 amide bonds. The molecule has 0 spiro atoms. The number of rotatable bonds is 8. The third-order valence-corrected chi connectivity index (χ3v) is 3.66. The van der Waals surface area contributed by atoms with Gasteiger partial charge in [-0.05, 0) is 37.8 Å². The lowest BCUT2D eigenvalue weighted by Gasteiger charge is -2.21. The summed E-state index contributed by atoms with van der Waals surface area (Å²) >= 11 is 0. The molecule has 92 valence electrons. The van der Waals surface area contributed by atoms with Gasteiger partial charge in [-0.2, -0.15) is 0 Å². The van der Waals surface area contributed by atoms with E-state index >= 15 is 0 Å². The average Bonchev–Trinajstić information content (AvgIpc) is 2.17. The van der Waals surface area contributed by atoms with Crippen molar-refractivity contribution in [1.29, 1.82) is 0 Å². The van der Waals surface area contributed by atoms with Crippen LogP contribution in [0, 0.1) is 17.8 Å². The maximum Gasteiger partial charge on any atom is 0.000385 e. The van der Waals surface area contributed by atoms with Crippen LogP contribution in [0.1, 0.15) is 53.9 Å². The summed E-state index contributed by atoms with van der Waals surface area (Å²) < 4.78 is 0. The van der Waals surface area contributed by atoms with Crippen molar-refractivity contribution in [2.75, 3.05) is 20.1 Å². The quantitative estimate of drug-likeness (QED) is 0.588. The number of hydrogen-bond acceptors (Lipinski definition) is 1. The molecule has 0 aliphatic rings. The highest BCUT2D eigenvalue weighted by Gasteiger charge is 2.09. The first-order chi connectivity index (χ1) is 6.97.